The van der Waals surface area contributed by atoms with E-state index in [-0.39, 0.29) is 12.0 Å². The molecule has 1 aromatic carbocycles. The van der Waals surface area contributed by atoms with Crippen molar-refractivity contribution in [1.29, 1.82) is 0 Å². The summed E-state index contributed by atoms with van der Waals surface area (Å²) in [6.07, 6.45) is 2.07. The lowest BCUT2D eigenvalue weighted by Crippen LogP contribution is -2.14. The number of ether oxygens (including phenoxy) is 1. The first-order valence-corrected chi connectivity index (χ1v) is 8.45. The summed E-state index contributed by atoms with van der Waals surface area (Å²) in [4.78, 5) is 16.8. The predicted octanol–water partition coefficient (Wildman–Crippen LogP) is 4.52. The topological polar surface area (TPSA) is 51.2 Å². The number of benzene rings is 1. The predicted molar refractivity (Wildman–Crippen MR) is 88.9 cm³/mol. The summed E-state index contributed by atoms with van der Waals surface area (Å²) in [5.74, 6) is -0.200. The number of hydrogen-bond acceptors (Lipinski definition) is 4. The van der Waals surface area contributed by atoms with Crippen LogP contribution in [0.15, 0.2) is 17.5 Å². The minimum Gasteiger partial charge on any atom is -0.371 e. The molecule has 0 bridgehead atoms. The molecule has 0 saturated carbocycles. The van der Waals surface area contributed by atoms with Crippen molar-refractivity contribution < 1.29 is 9.53 Å². The molecule has 1 aliphatic heterocycles. The first kappa shape index (κ1) is 15.5. The molecule has 4 nitrogen and oxygen atoms in total. The van der Waals surface area contributed by atoms with Crippen LogP contribution in [0, 0.1) is 13.8 Å². The summed E-state index contributed by atoms with van der Waals surface area (Å²) >= 11 is 7.49. The van der Waals surface area contributed by atoms with Crippen molar-refractivity contribution in [3.63, 3.8) is 0 Å². The molecule has 22 heavy (non-hydrogen) atoms. The Balaban J connectivity index is 1.77. The molecular formula is C16H17ClN2O2S. The first-order valence-electron chi connectivity index (χ1n) is 7.19. The van der Waals surface area contributed by atoms with E-state index in [4.69, 9.17) is 16.3 Å². The number of rotatable bonds is 3. The Bertz CT molecular complexity index is 685. The number of halogens is 1. The lowest BCUT2D eigenvalue weighted by atomic mass is 10.1. The van der Waals surface area contributed by atoms with Crippen LogP contribution in [0.4, 0.5) is 5.69 Å². The maximum Gasteiger partial charge on any atom is 0.275 e. The summed E-state index contributed by atoms with van der Waals surface area (Å²) < 4.78 is 5.60. The van der Waals surface area contributed by atoms with Crippen LogP contribution in [0.1, 0.15) is 45.6 Å². The highest BCUT2D eigenvalue weighted by atomic mass is 35.5. The number of hydrogen-bond donors (Lipinski definition) is 1. The van der Waals surface area contributed by atoms with Gasteiger partial charge in [-0.1, -0.05) is 11.6 Å². The normalized spacial score (nSPS) is 17.7. The van der Waals surface area contributed by atoms with Gasteiger partial charge in [-0.2, -0.15) is 0 Å². The number of thiazole rings is 1. The SMILES string of the molecule is Cc1cc(Cl)cc(C)c1NC(=O)c1csc([C@@H]2CCCO2)n1. The van der Waals surface area contributed by atoms with Gasteiger partial charge in [0.1, 0.15) is 16.8 Å². The monoisotopic (exact) mass is 336 g/mol. The highest BCUT2D eigenvalue weighted by molar-refractivity contribution is 7.09. The Labute approximate surface area is 138 Å². The molecule has 2 heterocycles. The molecule has 3 rings (SSSR count). The van der Waals surface area contributed by atoms with Crippen molar-refractivity contribution in [2.45, 2.75) is 32.8 Å². The number of nitrogens with one attached hydrogen (secondary N) is 1. The number of carbonyl (C=O) groups excluding carboxylic acids is 1. The maximum absolute atomic E-state index is 12.4. The number of nitrogens with zero attached hydrogens (tertiary/aromatic N) is 1. The van der Waals surface area contributed by atoms with Gasteiger partial charge in [0.15, 0.2) is 0 Å². The zero-order valence-corrected chi connectivity index (χ0v) is 14.1. The Kier molecular flexibility index (Phi) is 4.47. The standard InChI is InChI=1S/C16H17ClN2O2S/c1-9-6-11(17)7-10(2)14(9)19-15(20)12-8-22-16(18-12)13-4-3-5-21-13/h6-8,13H,3-5H2,1-2H3,(H,19,20)/t13-/m0/s1. The van der Waals surface area contributed by atoms with Gasteiger partial charge in [0.2, 0.25) is 0 Å². The summed E-state index contributed by atoms with van der Waals surface area (Å²) in [6, 6.07) is 3.67. The second-order valence-electron chi connectivity index (χ2n) is 5.44. The van der Waals surface area contributed by atoms with E-state index in [1.54, 1.807) is 5.38 Å². The van der Waals surface area contributed by atoms with Crippen molar-refractivity contribution in [2.75, 3.05) is 11.9 Å². The fourth-order valence-electron chi connectivity index (χ4n) is 2.60. The molecular weight excluding hydrogens is 320 g/mol. The van der Waals surface area contributed by atoms with E-state index < -0.39 is 0 Å². The number of amides is 1. The van der Waals surface area contributed by atoms with Gasteiger partial charge in [-0.05, 0) is 49.9 Å². The molecule has 1 fully saturated rings. The van der Waals surface area contributed by atoms with E-state index in [0.717, 1.165) is 41.3 Å². The van der Waals surface area contributed by atoms with Gasteiger partial charge in [-0.3, -0.25) is 4.79 Å². The van der Waals surface area contributed by atoms with Gasteiger partial charge in [-0.25, -0.2) is 4.98 Å². The van der Waals surface area contributed by atoms with Crippen LogP contribution in [0.3, 0.4) is 0 Å². The van der Waals surface area contributed by atoms with Crippen LogP contribution in [0.2, 0.25) is 5.02 Å². The average molecular weight is 337 g/mol. The van der Waals surface area contributed by atoms with Crippen LogP contribution in [-0.4, -0.2) is 17.5 Å². The summed E-state index contributed by atoms with van der Waals surface area (Å²) in [7, 11) is 0. The third kappa shape index (κ3) is 3.16. The highest BCUT2D eigenvalue weighted by Gasteiger charge is 2.22. The molecule has 116 valence electrons. The van der Waals surface area contributed by atoms with Gasteiger partial charge in [0.25, 0.3) is 5.91 Å². The lowest BCUT2D eigenvalue weighted by Gasteiger charge is -2.11. The molecule has 2 aromatic rings. The fourth-order valence-corrected chi connectivity index (χ4v) is 3.81. The number of aromatic nitrogens is 1. The number of aryl methyl sites for hydroxylation is 2. The van der Waals surface area contributed by atoms with Crippen molar-refractivity contribution in [2.24, 2.45) is 0 Å². The zero-order chi connectivity index (χ0) is 15.7. The quantitative estimate of drug-likeness (QED) is 0.896. The molecule has 1 amide bonds. The van der Waals surface area contributed by atoms with Crippen LogP contribution in [0.5, 0.6) is 0 Å². The van der Waals surface area contributed by atoms with Crippen molar-refractivity contribution >= 4 is 34.5 Å². The largest absolute Gasteiger partial charge is 0.371 e. The van der Waals surface area contributed by atoms with Gasteiger partial charge in [0.05, 0.1) is 0 Å². The zero-order valence-electron chi connectivity index (χ0n) is 12.5. The molecule has 1 saturated heterocycles. The molecule has 0 spiro atoms. The summed E-state index contributed by atoms with van der Waals surface area (Å²) in [5.41, 5.74) is 3.10. The minimum atomic E-state index is -0.200. The van der Waals surface area contributed by atoms with E-state index in [0.29, 0.717) is 10.7 Å². The molecule has 1 aromatic heterocycles. The average Bonchev–Trinajstić information content (AvgIpc) is 3.12. The summed E-state index contributed by atoms with van der Waals surface area (Å²) in [5, 5.41) is 6.27. The van der Waals surface area contributed by atoms with Gasteiger partial charge in [0, 0.05) is 22.7 Å². The second-order valence-corrected chi connectivity index (χ2v) is 6.77. The van der Waals surface area contributed by atoms with Gasteiger partial charge < -0.3 is 10.1 Å². The Morgan fingerprint density at radius 2 is 2.14 bits per heavy atom. The van der Waals surface area contributed by atoms with Crippen LogP contribution in [0.25, 0.3) is 0 Å². The third-order valence-electron chi connectivity index (χ3n) is 3.70. The smallest absolute Gasteiger partial charge is 0.275 e. The highest BCUT2D eigenvalue weighted by Crippen LogP contribution is 2.31. The van der Waals surface area contributed by atoms with E-state index in [9.17, 15) is 4.79 Å². The maximum atomic E-state index is 12.4. The minimum absolute atomic E-state index is 0.0468. The van der Waals surface area contributed by atoms with Crippen molar-refractivity contribution in [3.05, 3.63) is 44.4 Å². The third-order valence-corrected chi connectivity index (χ3v) is 4.85. The molecule has 0 radical (unpaired) electrons. The number of anilines is 1. The first-order chi connectivity index (χ1) is 10.5. The van der Waals surface area contributed by atoms with E-state index >= 15 is 0 Å². The van der Waals surface area contributed by atoms with Crippen molar-refractivity contribution in [1.82, 2.24) is 4.98 Å². The molecule has 1 aliphatic rings. The molecule has 1 atom stereocenters. The molecule has 6 heteroatoms. The van der Waals surface area contributed by atoms with Gasteiger partial charge >= 0.3 is 0 Å². The molecule has 0 unspecified atom stereocenters. The second kappa shape index (κ2) is 6.36. The Hall–Kier alpha value is -1.43. The number of carbonyl (C=O) groups is 1. The summed E-state index contributed by atoms with van der Waals surface area (Å²) in [6.45, 7) is 4.62. The van der Waals surface area contributed by atoms with Crippen LogP contribution < -0.4 is 5.32 Å². The van der Waals surface area contributed by atoms with E-state index in [1.165, 1.54) is 11.3 Å². The molecule has 1 N–H and O–H groups in total. The van der Waals surface area contributed by atoms with Crippen molar-refractivity contribution in [3.8, 4) is 0 Å². The van der Waals surface area contributed by atoms with Gasteiger partial charge in [-0.15, -0.1) is 11.3 Å². The van der Waals surface area contributed by atoms with E-state index in [2.05, 4.69) is 10.3 Å². The fraction of sp³-hybridized carbons (Fsp3) is 0.375. The Morgan fingerprint density at radius 1 is 1.41 bits per heavy atom. The lowest BCUT2D eigenvalue weighted by molar-refractivity contribution is 0.101. The Morgan fingerprint density at radius 3 is 2.77 bits per heavy atom. The van der Waals surface area contributed by atoms with Crippen LogP contribution >= 0.6 is 22.9 Å². The molecule has 0 aliphatic carbocycles. The van der Waals surface area contributed by atoms with Crippen LogP contribution in [-0.2, 0) is 4.74 Å². The van der Waals surface area contributed by atoms with E-state index in [1.807, 2.05) is 26.0 Å².